The number of Topliss-reactive ketones (excluding diaryl/α,β-unsaturated/α-hetero) is 2. The molecular formula is C13H26O4. The fourth-order valence-corrected chi connectivity index (χ4v) is 0.890. The van der Waals surface area contributed by atoms with Gasteiger partial charge in [-0.05, 0) is 0 Å². The second kappa shape index (κ2) is 11.7. The summed E-state index contributed by atoms with van der Waals surface area (Å²) >= 11 is 0. The number of ketones is 2. The Hall–Kier alpha value is -0.740. The van der Waals surface area contributed by atoms with Crippen molar-refractivity contribution < 1.29 is 19.4 Å². The second-order valence-corrected chi connectivity index (χ2v) is 4.46. The Labute approximate surface area is 104 Å². The highest BCUT2D eigenvalue weighted by Gasteiger charge is 2.05. The number of methoxy groups -OCH3 is 1. The van der Waals surface area contributed by atoms with Crippen molar-refractivity contribution in [1.29, 1.82) is 0 Å². The Morgan fingerprint density at radius 3 is 1.65 bits per heavy atom. The summed E-state index contributed by atoms with van der Waals surface area (Å²) in [6.45, 7) is 8.00. The average Bonchev–Trinajstić information content (AvgIpc) is 2.26. The predicted octanol–water partition coefficient (Wildman–Crippen LogP) is 1.84. The van der Waals surface area contributed by atoms with Crippen LogP contribution in [-0.2, 0) is 14.3 Å². The van der Waals surface area contributed by atoms with E-state index in [0.717, 1.165) is 0 Å². The molecule has 0 aromatic carbocycles. The van der Waals surface area contributed by atoms with Gasteiger partial charge in [0, 0.05) is 38.4 Å². The lowest BCUT2D eigenvalue weighted by Gasteiger charge is -2.01. The molecule has 0 unspecified atom stereocenters. The fraction of sp³-hybridized carbons (Fsp3) is 0.846. The molecule has 0 aliphatic rings. The van der Waals surface area contributed by atoms with E-state index in [1.165, 1.54) is 0 Å². The van der Waals surface area contributed by atoms with Crippen LogP contribution in [0.3, 0.4) is 0 Å². The lowest BCUT2D eigenvalue weighted by Crippen LogP contribution is -2.09. The van der Waals surface area contributed by atoms with E-state index in [1.807, 2.05) is 27.7 Å². The van der Waals surface area contributed by atoms with Crippen molar-refractivity contribution in [3.63, 3.8) is 0 Å². The number of carbonyl (C=O) groups is 2. The van der Waals surface area contributed by atoms with Crippen molar-refractivity contribution >= 4 is 11.6 Å². The van der Waals surface area contributed by atoms with Crippen LogP contribution in [-0.4, -0.2) is 37.0 Å². The number of carbonyl (C=O) groups excluding carboxylic acids is 2. The Balaban J connectivity index is 0. The topological polar surface area (TPSA) is 63.6 Å². The molecule has 0 amide bonds. The molecule has 102 valence electrons. The van der Waals surface area contributed by atoms with Crippen LogP contribution in [0.15, 0.2) is 0 Å². The summed E-state index contributed by atoms with van der Waals surface area (Å²) in [7, 11) is 1.60. The first-order chi connectivity index (χ1) is 7.86. The van der Waals surface area contributed by atoms with Crippen LogP contribution in [0, 0.1) is 11.8 Å². The first-order valence-corrected chi connectivity index (χ1v) is 6.02. The molecule has 0 aliphatic carbocycles. The lowest BCUT2D eigenvalue weighted by atomic mass is 10.1. The molecule has 0 bridgehead atoms. The molecule has 17 heavy (non-hydrogen) atoms. The van der Waals surface area contributed by atoms with E-state index in [9.17, 15) is 9.59 Å². The van der Waals surface area contributed by atoms with Crippen LogP contribution in [0.25, 0.3) is 0 Å². The van der Waals surface area contributed by atoms with Crippen molar-refractivity contribution in [3.05, 3.63) is 0 Å². The highest BCUT2D eigenvalue weighted by atomic mass is 16.5. The molecule has 0 radical (unpaired) electrons. The second-order valence-electron chi connectivity index (χ2n) is 4.46. The molecule has 4 heteroatoms. The third-order valence-electron chi connectivity index (χ3n) is 2.20. The minimum atomic E-state index is -0.0169. The number of hydrogen-bond acceptors (Lipinski definition) is 4. The summed E-state index contributed by atoms with van der Waals surface area (Å²) in [5, 5.41) is 8.26. The standard InChI is InChI=1S/C7H14O2.C6H12O2/c1-6(2)7(8)4-5-9-3;1-5(2)6(8)3-4-7/h6H,4-5H2,1-3H3;5,7H,3-4H2,1-2H3. The SMILES string of the molecule is CC(C)C(=O)CCO.COCCC(=O)C(C)C. The Morgan fingerprint density at radius 2 is 1.41 bits per heavy atom. The van der Waals surface area contributed by atoms with Gasteiger partial charge in [-0.15, -0.1) is 0 Å². The molecule has 0 spiro atoms. The Kier molecular flexibility index (Phi) is 12.9. The zero-order chi connectivity index (χ0) is 13.8. The lowest BCUT2D eigenvalue weighted by molar-refractivity contribution is -0.123. The van der Waals surface area contributed by atoms with Crippen molar-refractivity contribution in [1.82, 2.24) is 0 Å². The monoisotopic (exact) mass is 246 g/mol. The number of hydrogen-bond donors (Lipinski definition) is 1. The molecule has 0 saturated heterocycles. The van der Waals surface area contributed by atoms with Crippen LogP contribution < -0.4 is 0 Å². The molecule has 0 saturated carbocycles. The van der Waals surface area contributed by atoms with Crippen molar-refractivity contribution in [2.45, 2.75) is 40.5 Å². The minimum absolute atomic E-state index is 0.0169. The highest BCUT2D eigenvalue weighted by molar-refractivity contribution is 5.80. The van der Waals surface area contributed by atoms with E-state index in [-0.39, 0.29) is 30.0 Å². The van der Waals surface area contributed by atoms with Crippen LogP contribution >= 0.6 is 0 Å². The smallest absolute Gasteiger partial charge is 0.137 e. The Bertz CT molecular complexity index is 209. The summed E-state index contributed by atoms with van der Waals surface area (Å²) in [6.07, 6.45) is 0.853. The predicted molar refractivity (Wildman–Crippen MR) is 67.9 cm³/mol. The summed E-state index contributed by atoms with van der Waals surface area (Å²) in [5.41, 5.74) is 0. The van der Waals surface area contributed by atoms with E-state index in [0.29, 0.717) is 19.4 Å². The van der Waals surface area contributed by atoms with Crippen molar-refractivity contribution in [2.75, 3.05) is 20.3 Å². The van der Waals surface area contributed by atoms with Crippen molar-refractivity contribution in [3.8, 4) is 0 Å². The third-order valence-corrected chi connectivity index (χ3v) is 2.20. The van der Waals surface area contributed by atoms with Gasteiger partial charge in [0.2, 0.25) is 0 Å². The van der Waals surface area contributed by atoms with Crippen molar-refractivity contribution in [2.24, 2.45) is 11.8 Å². The molecular weight excluding hydrogens is 220 g/mol. The first kappa shape index (κ1) is 18.6. The number of aliphatic hydroxyl groups is 1. The first-order valence-electron chi connectivity index (χ1n) is 6.02. The molecule has 0 atom stereocenters. The Morgan fingerprint density at radius 1 is 1.00 bits per heavy atom. The van der Waals surface area contributed by atoms with E-state index < -0.39 is 0 Å². The molecule has 0 aromatic rings. The maximum Gasteiger partial charge on any atom is 0.137 e. The zero-order valence-corrected chi connectivity index (χ0v) is 11.7. The average molecular weight is 246 g/mol. The van der Waals surface area contributed by atoms with Gasteiger partial charge in [-0.3, -0.25) is 9.59 Å². The van der Waals surface area contributed by atoms with Crippen LogP contribution in [0.1, 0.15) is 40.5 Å². The van der Waals surface area contributed by atoms with E-state index >= 15 is 0 Å². The number of rotatable bonds is 7. The summed E-state index contributed by atoms with van der Waals surface area (Å²) in [4.78, 5) is 21.4. The highest BCUT2D eigenvalue weighted by Crippen LogP contribution is 1.97. The maximum atomic E-state index is 10.8. The summed E-state index contributed by atoms with van der Waals surface area (Å²) in [5.74, 6) is 0.631. The quantitative estimate of drug-likeness (QED) is 0.744. The summed E-state index contributed by atoms with van der Waals surface area (Å²) in [6, 6.07) is 0. The van der Waals surface area contributed by atoms with Gasteiger partial charge in [0.15, 0.2) is 0 Å². The molecule has 1 N–H and O–H groups in total. The van der Waals surface area contributed by atoms with Crippen LogP contribution in [0.2, 0.25) is 0 Å². The fourth-order valence-electron chi connectivity index (χ4n) is 0.890. The van der Waals surface area contributed by atoms with Crippen LogP contribution in [0.4, 0.5) is 0 Å². The molecule has 0 heterocycles. The molecule has 0 aliphatic heterocycles. The van der Waals surface area contributed by atoms with E-state index in [2.05, 4.69) is 0 Å². The number of aliphatic hydroxyl groups excluding tert-OH is 1. The van der Waals surface area contributed by atoms with Gasteiger partial charge < -0.3 is 9.84 Å². The van der Waals surface area contributed by atoms with Gasteiger partial charge in [-0.1, -0.05) is 27.7 Å². The zero-order valence-electron chi connectivity index (χ0n) is 11.7. The van der Waals surface area contributed by atoms with Crippen LogP contribution in [0.5, 0.6) is 0 Å². The minimum Gasteiger partial charge on any atom is -0.396 e. The van der Waals surface area contributed by atoms with Gasteiger partial charge in [0.25, 0.3) is 0 Å². The number of ether oxygens (including phenoxy) is 1. The largest absolute Gasteiger partial charge is 0.396 e. The van der Waals surface area contributed by atoms with Gasteiger partial charge in [0.1, 0.15) is 11.6 Å². The normalized spacial score (nSPS) is 10.1. The van der Waals surface area contributed by atoms with E-state index in [1.54, 1.807) is 7.11 Å². The molecule has 0 aromatic heterocycles. The van der Waals surface area contributed by atoms with Gasteiger partial charge in [-0.2, -0.15) is 0 Å². The molecule has 0 fully saturated rings. The van der Waals surface area contributed by atoms with Gasteiger partial charge >= 0.3 is 0 Å². The van der Waals surface area contributed by atoms with E-state index in [4.69, 9.17) is 9.84 Å². The maximum absolute atomic E-state index is 10.8. The van der Waals surface area contributed by atoms with Gasteiger partial charge in [-0.25, -0.2) is 0 Å². The summed E-state index contributed by atoms with van der Waals surface area (Å²) < 4.78 is 4.74. The molecule has 0 rings (SSSR count). The van der Waals surface area contributed by atoms with Gasteiger partial charge in [0.05, 0.1) is 6.61 Å². The third kappa shape index (κ3) is 13.2. The molecule has 4 nitrogen and oxygen atoms in total.